The first-order chi connectivity index (χ1) is 11.0. The molecule has 0 bridgehead atoms. The number of esters is 1. The minimum atomic E-state index is -0.521. The second kappa shape index (κ2) is 8.34. The van der Waals surface area contributed by atoms with E-state index in [9.17, 15) is 4.79 Å². The van der Waals surface area contributed by atoms with Crippen LogP contribution < -0.4 is 5.43 Å². The Morgan fingerprint density at radius 1 is 1.22 bits per heavy atom. The largest absolute Gasteiger partial charge is 0.461 e. The summed E-state index contributed by atoms with van der Waals surface area (Å²) in [7, 11) is 0. The highest BCUT2D eigenvalue weighted by Gasteiger charge is 2.16. The van der Waals surface area contributed by atoms with Gasteiger partial charge in [-0.05, 0) is 37.3 Å². The molecule has 120 valence electrons. The number of nitrogens with one attached hydrogen (secondary N) is 1. The fourth-order valence-electron chi connectivity index (χ4n) is 1.73. The Morgan fingerprint density at radius 3 is 2.52 bits per heavy atom. The van der Waals surface area contributed by atoms with Gasteiger partial charge in [0.05, 0.1) is 17.3 Å². The molecule has 0 aliphatic heterocycles. The second-order valence-corrected chi connectivity index (χ2v) is 6.18. The van der Waals surface area contributed by atoms with Crippen LogP contribution in [-0.4, -0.2) is 18.3 Å². The maximum absolute atomic E-state index is 12.1. The van der Waals surface area contributed by atoms with E-state index in [1.807, 2.05) is 12.1 Å². The van der Waals surface area contributed by atoms with E-state index in [4.69, 9.17) is 27.9 Å². The molecular weight excluding hydrogens is 403 g/mol. The van der Waals surface area contributed by atoms with E-state index >= 15 is 0 Å². The summed E-state index contributed by atoms with van der Waals surface area (Å²) in [4.78, 5) is 12.1. The summed E-state index contributed by atoms with van der Waals surface area (Å²) in [5, 5.41) is 5.07. The van der Waals surface area contributed by atoms with Crippen LogP contribution >= 0.6 is 39.1 Å². The van der Waals surface area contributed by atoms with Gasteiger partial charge in [0.2, 0.25) is 0 Å². The average molecular weight is 416 g/mol. The summed E-state index contributed by atoms with van der Waals surface area (Å²) < 4.78 is 5.95. The first kappa shape index (κ1) is 17.8. The fourth-order valence-corrected chi connectivity index (χ4v) is 2.45. The molecule has 0 fully saturated rings. The van der Waals surface area contributed by atoms with E-state index in [2.05, 4.69) is 26.5 Å². The van der Waals surface area contributed by atoms with Gasteiger partial charge < -0.3 is 4.74 Å². The Bertz CT molecular complexity index is 733. The number of nitrogens with zero attached hydrogens (tertiary/aromatic N) is 1. The number of hydrogen-bond acceptors (Lipinski definition) is 4. The highest BCUT2D eigenvalue weighted by atomic mass is 79.9. The zero-order chi connectivity index (χ0) is 16.8. The lowest BCUT2D eigenvalue weighted by Crippen LogP contribution is -2.20. The van der Waals surface area contributed by atoms with Crippen molar-refractivity contribution in [2.24, 2.45) is 5.10 Å². The topological polar surface area (TPSA) is 50.7 Å². The van der Waals surface area contributed by atoms with Gasteiger partial charge in [-0.3, -0.25) is 5.43 Å². The lowest BCUT2D eigenvalue weighted by molar-refractivity contribution is -0.134. The molecule has 0 saturated carbocycles. The number of rotatable bonds is 5. The quantitative estimate of drug-likeness (QED) is 0.418. The van der Waals surface area contributed by atoms with Crippen molar-refractivity contribution >= 4 is 56.5 Å². The number of anilines is 1. The van der Waals surface area contributed by atoms with Crippen molar-refractivity contribution in [1.29, 1.82) is 0 Å². The second-order valence-electron chi connectivity index (χ2n) is 4.42. The summed E-state index contributed by atoms with van der Waals surface area (Å²) >= 11 is 15.3. The number of hydrazone groups is 1. The van der Waals surface area contributed by atoms with Crippen molar-refractivity contribution in [1.82, 2.24) is 0 Å². The molecule has 0 radical (unpaired) electrons. The van der Waals surface area contributed by atoms with Gasteiger partial charge in [-0.1, -0.05) is 51.3 Å². The van der Waals surface area contributed by atoms with Crippen molar-refractivity contribution in [3.05, 3.63) is 62.5 Å². The third-order valence-electron chi connectivity index (χ3n) is 2.81. The van der Waals surface area contributed by atoms with Gasteiger partial charge in [-0.15, -0.1) is 0 Å². The van der Waals surface area contributed by atoms with Crippen LogP contribution in [-0.2, 0) is 9.53 Å². The molecule has 0 spiro atoms. The fraction of sp³-hybridized carbons (Fsp3) is 0.125. The Hall–Kier alpha value is -1.56. The van der Waals surface area contributed by atoms with Crippen molar-refractivity contribution in [3.63, 3.8) is 0 Å². The third-order valence-corrected chi connectivity index (χ3v) is 3.88. The van der Waals surface area contributed by atoms with Gasteiger partial charge in [-0.2, -0.15) is 5.10 Å². The normalized spacial score (nSPS) is 11.2. The molecular formula is C16H13BrCl2N2O2. The minimum Gasteiger partial charge on any atom is -0.461 e. The molecule has 2 aromatic rings. The molecule has 0 aromatic heterocycles. The number of halogens is 3. The monoisotopic (exact) mass is 414 g/mol. The summed E-state index contributed by atoms with van der Waals surface area (Å²) in [6.45, 7) is 2.00. The predicted molar refractivity (Wildman–Crippen MR) is 97.4 cm³/mol. The highest BCUT2D eigenvalue weighted by molar-refractivity contribution is 9.10. The van der Waals surface area contributed by atoms with Crippen molar-refractivity contribution < 1.29 is 9.53 Å². The molecule has 0 saturated heterocycles. The van der Waals surface area contributed by atoms with Crippen LogP contribution in [0.5, 0.6) is 0 Å². The van der Waals surface area contributed by atoms with Crippen LogP contribution in [0.15, 0.2) is 52.0 Å². The van der Waals surface area contributed by atoms with Crippen LogP contribution in [0.3, 0.4) is 0 Å². The molecule has 4 nitrogen and oxygen atoms in total. The Kier molecular flexibility index (Phi) is 6.45. The number of carbonyl (C=O) groups is 1. The molecule has 2 aromatic carbocycles. The van der Waals surface area contributed by atoms with Gasteiger partial charge in [0.25, 0.3) is 0 Å². The molecule has 2 rings (SSSR count). The maximum Gasteiger partial charge on any atom is 0.359 e. The summed E-state index contributed by atoms with van der Waals surface area (Å²) in [6, 6.07) is 12.1. The summed E-state index contributed by atoms with van der Waals surface area (Å²) in [5.41, 5.74) is 4.10. The van der Waals surface area contributed by atoms with E-state index in [1.165, 1.54) is 0 Å². The van der Waals surface area contributed by atoms with Crippen LogP contribution in [0, 0.1) is 0 Å². The van der Waals surface area contributed by atoms with Crippen LogP contribution in [0.25, 0.3) is 0 Å². The molecule has 23 heavy (non-hydrogen) atoms. The molecule has 0 aliphatic carbocycles. The SMILES string of the molecule is CCOC(=O)/C(=N/Nc1ccc(Cl)cc1Cl)c1ccc(Br)cc1. The molecule has 1 N–H and O–H groups in total. The number of benzene rings is 2. The Balaban J connectivity index is 2.32. The first-order valence-electron chi connectivity index (χ1n) is 6.73. The maximum atomic E-state index is 12.1. The molecule has 0 atom stereocenters. The zero-order valence-corrected chi connectivity index (χ0v) is 15.2. The summed E-state index contributed by atoms with van der Waals surface area (Å²) in [6.07, 6.45) is 0. The standard InChI is InChI=1S/C16H13BrCl2N2O2/c1-2-23-16(22)15(10-3-5-11(17)6-4-10)21-20-14-8-7-12(18)9-13(14)19/h3-9,20H,2H2,1H3/b21-15+. The van der Waals surface area contributed by atoms with Gasteiger partial charge in [-0.25, -0.2) is 4.79 Å². The van der Waals surface area contributed by atoms with E-state index in [0.717, 1.165) is 4.47 Å². The van der Waals surface area contributed by atoms with E-state index in [-0.39, 0.29) is 12.3 Å². The van der Waals surface area contributed by atoms with Crippen LogP contribution in [0.4, 0.5) is 5.69 Å². The molecule has 0 amide bonds. The first-order valence-corrected chi connectivity index (χ1v) is 8.28. The van der Waals surface area contributed by atoms with Gasteiger partial charge >= 0.3 is 5.97 Å². The highest BCUT2D eigenvalue weighted by Crippen LogP contribution is 2.25. The molecule has 0 aliphatic rings. The average Bonchev–Trinajstić information content (AvgIpc) is 2.51. The molecule has 0 heterocycles. The zero-order valence-electron chi connectivity index (χ0n) is 12.1. The summed E-state index contributed by atoms with van der Waals surface area (Å²) in [5.74, 6) is -0.521. The van der Waals surface area contributed by atoms with Gasteiger partial charge in [0.15, 0.2) is 5.71 Å². The van der Waals surface area contributed by atoms with Gasteiger partial charge in [0, 0.05) is 15.1 Å². The minimum absolute atomic E-state index is 0.158. The Morgan fingerprint density at radius 2 is 1.91 bits per heavy atom. The van der Waals surface area contributed by atoms with E-state index in [0.29, 0.717) is 21.3 Å². The lowest BCUT2D eigenvalue weighted by atomic mass is 10.1. The predicted octanol–water partition coefficient (Wildman–Crippen LogP) is 5.14. The van der Waals surface area contributed by atoms with E-state index in [1.54, 1.807) is 37.3 Å². The van der Waals surface area contributed by atoms with Gasteiger partial charge in [0.1, 0.15) is 0 Å². The number of carbonyl (C=O) groups excluding carboxylic acids is 1. The Labute approximate surface area is 152 Å². The third kappa shape index (κ3) is 4.96. The van der Waals surface area contributed by atoms with Crippen molar-refractivity contribution in [2.45, 2.75) is 6.92 Å². The van der Waals surface area contributed by atoms with E-state index < -0.39 is 5.97 Å². The number of ether oxygens (including phenoxy) is 1. The van der Waals surface area contributed by atoms with Crippen molar-refractivity contribution in [3.8, 4) is 0 Å². The molecule has 0 unspecified atom stereocenters. The lowest BCUT2D eigenvalue weighted by Gasteiger charge is -2.09. The van der Waals surface area contributed by atoms with Crippen LogP contribution in [0.1, 0.15) is 12.5 Å². The molecule has 7 heteroatoms. The van der Waals surface area contributed by atoms with Crippen molar-refractivity contribution in [2.75, 3.05) is 12.0 Å². The van der Waals surface area contributed by atoms with Crippen LogP contribution in [0.2, 0.25) is 10.0 Å². The number of hydrogen-bond donors (Lipinski definition) is 1. The smallest absolute Gasteiger partial charge is 0.359 e.